The number of methoxy groups -OCH3 is 2. The van der Waals surface area contributed by atoms with Crippen molar-refractivity contribution in [2.45, 2.75) is 19.0 Å². The maximum absolute atomic E-state index is 12.8. The number of amides is 1. The van der Waals surface area contributed by atoms with Gasteiger partial charge in [-0.3, -0.25) is 9.59 Å². The zero-order valence-electron chi connectivity index (χ0n) is 13.3. The minimum absolute atomic E-state index is 0.234. The highest BCUT2D eigenvalue weighted by molar-refractivity contribution is 5.85. The van der Waals surface area contributed by atoms with E-state index in [1.807, 2.05) is 0 Å². The van der Waals surface area contributed by atoms with Crippen LogP contribution in [0.1, 0.15) is 12.8 Å². The summed E-state index contributed by atoms with van der Waals surface area (Å²) < 4.78 is 48.0. The van der Waals surface area contributed by atoms with E-state index in [2.05, 4.69) is 4.74 Å². The summed E-state index contributed by atoms with van der Waals surface area (Å²) in [6, 6.07) is 0. The molecule has 1 aliphatic heterocycles. The lowest BCUT2D eigenvalue weighted by Crippen LogP contribution is -2.38. The molecule has 0 aromatic heterocycles. The van der Waals surface area contributed by atoms with Gasteiger partial charge in [0.1, 0.15) is 12.3 Å². The third-order valence-corrected chi connectivity index (χ3v) is 3.93. The molecule has 0 spiro atoms. The summed E-state index contributed by atoms with van der Waals surface area (Å²) >= 11 is 0. The highest BCUT2D eigenvalue weighted by Crippen LogP contribution is 2.34. The minimum atomic E-state index is -4.54. The summed E-state index contributed by atoms with van der Waals surface area (Å²) in [5.74, 6) is -2.01. The summed E-state index contributed by atoms with van der Waals surface area (Å²) in [5, 5.41) is 0. The molecule has 24 heavy (non-hydrogen) atoms. The SMILES string of the molecule is COC(=O)CC1CC2C=CC(OC)=CC2=CN(CC(F)(F)F)C1=O. The van der Waals surface area contributed by atoms with E-state index >= 15 is 0 Å². The summed E-state index contributed by atoms with van der Waals surface area (Å²) in [5.41, 5.74) is 0.541. The Morgan fingerprint density at radius 2 is 2.08 bits per heavy atom. The maximum atomic E-state index is 12.8. The van der Waals surface area contributed by atoms with E-state index in [4.69, 9.17) is 4.74 Å². The molecular formula is C16H18F3NO4. The van der Waals surface area contributed by atoms with Crippen molar-refractivity contribution in [3.05, 3.63) is 35.8 Å². The Morgan fingerprint density at radius 1 is 1.38 bits per heavy atom. The molecule has 2 aliphatic rings. The van der Waals surface area contributed by atoms with Crippen molar-refractivity contribution in [3.8, 4) is 0 Å². The van der Waals surface area contributed by atoms with Crippen LogP contribution in [0, 0.1) is 11.8 Å². The van der Waals surface area contributed by atoms with E-state index in [0.29, 0.717) is 16.2 Å². The topological polar surface area (TPSA) is 55.8 Å². The number of halogens is 3. The van der Waals surface area contributed by atoms with Crippen LogP contribution in [0.25, 0.3) is 0 Å². The van der Waals surface area contributed by atoms with Crippen LogP contribution >= 0.6 is 0 Å². The van der Waals surface area contributed by atoms with Crippen LogP contribution in [0.4, 0.5) is 13.2 Å². The fourth-order valence-corrected chi connectivity index (χ4v) is 2.77. The molecule has 1 heterocycles. The molecule has 0 bridgehead atoms. The third-order valence-electron chi connectivity index (χ3n) is 3.93. The van der Waals surface area contributed by atoms with Crippen LogP contribution in [0.3, 0.4) is 0 Å². The number of allylic oxidation sites excluding steroid dienone is 4. The number of hydrogen-bond donors (Lipinski definition) is 0. The van der Waals surface area contributed by atoms with Crippen molar-refractivity contribution in [1.82, 2.24) is 4.90 Å². The average molecular weight is 345 g/mol. The number of hydrogen-bond acceptors (Lipinski definition) is 4. The number of nitrogens with zero attached hydrogens (tertiary/aromatic N) is 1. The predicted octanol–water partition coefficient (Wildman–Crippen LogP) is 2.56. The van der Waals surface area contributed by atoms with E-state index in [1.54, 1.807) is 18.2 Å². The van der Waals surface area contributed by atoms with E-state index in [-0.39, 0.29) is 18.8 Å². The van der Waals surface area contributed by atoms with E-state index < -0.39 is 30.5 Å². The fourth-order valence-electron chi connectivity index (χ4n) is 2.77. The van der Waals surface area contributed by atoms with Crippen molar-refractivity contribution in [2.75, 3.05) is 20.8 Å². The lowest BCUT2D eigenvalue weighted by molar-refractivity contribution is -0.159. The van der Waals surface area contributed by atoms with Crippen LogP contribution in [-0.2, 0) is 19.1 Å². The molecule has 1 aliphatic carbocycles. The fraction of sp³-hybridized carbons (Fsp3) is 0.500. The number of rotatable bonds is 4. The van der Waals surface area contributed by atoms with Gasteiger partial charge in [0.25, 0.3) is 0 Å². The molecule has 8 heteroatoms. The predicted molar refractivity (Wildman–Crippen MR) is 78.3 cm³/mol. The molecule has 2 unspecified atom stereocenters. The van der Waals surface area contributed by atoms with Gasteiger partial charge in [-0.15, -0.1) is 0 Å². The van der Waals surface area contributed by atoms with Crippen LogP contribution in [-0.4, -0.2) is 43.7 Å². The molecule has 0 N–H and O–H groups in total. The summed E-state index contributed by atoms with van der Waals surface area (Å²) in [6.07, 6.45) is 1.69. The van der Waals surface area contributed by atoms with Crippen molar-refractivity contribution in [3.63, 3.8) is 0 Å². The molecule has 0 aromatic rings. The first-order valence-electron chi connectivity index (χ1n) is 7.33. The zero-order valence-corrected chi connectivity index (χ0v) is 13.3. The van der Waals surface area contributed by atoms with E-state index in [1.165, 1.54) is 20.4 Å². The highest BCUT2D eigenvalue weighted by atomic mass is 19.4. The van der Waals surface area contributed by atoms with Gasteiger partial charge in [0.05, 0.1) is 20.6 Å². The van der Waals surface area contributed by atoms with Crippen LogP contribution in [0.2, 0.25) is 0 Å². The minimum Gasteiger partial charge on any atom is -0.497 e. The smallest absolute Gasteiger partial charge is 0.406 e. The lowest BCUT2D eigenvalue weighted by atomic mass is 9.85. The van der Waals surface area contributed by atoms with Crippen LogP contribution < -0.4 is 0 Å². The largest absolute Gasteiger partial charge is 0.497 e. The van der Waals surface area contributed by atoms with Crippen molar-refractivity contribution in [2.24, 2.45) is 11.8 Å². The van der Waals surface area contributed by atoms with E-state index in [9.17, 15) is 22.8 Å². The number of carbonyl (C=O) groups is 2. The van der Waals surface area contributed by atoms with Gasteiger partial charge in [0.2, 0.25) is 5.91 Å². The molecular weight excluding hydrogens is 327 g/mol. The van der Waals surface area contributed by atoms with Crippen molar-refractivity contribution in [1.29, 1.82) is 0 Å². The molecule has 0 radical (unpaired) electrons. The molecule has 5 nitrogen and oxygen atoms in total. The second-order valence-electron chi connectivity index (χ2n) is 5.64. The first kappa shape index (κ1) is 18.1. The number of ether oxygens (including phenoxy) is 2. The van der Waals surface area contributed by atoms with Crippen molar-refractivity contribution < 1.29 is 32.2 Å². The van der Waals surface area contributed by atoms with Gasteiger partial charge < -0.3 is 14.4 Å². The highest BCUT2D eigenvalue weighted by Gasteiger charge is 2.38. The second-order valence-corrected chi connectivity index (χ2v) is 5.64. The second kappa shape index (κ2) is 7.11. The van der Waals surface area contributed by atoms with Gasteiger partial charge in [-0.25, -0.2) is 0 Å². The average Bonchev–Trinajstić information content (AvgIpc) is 2.63. The molecule has 2 atom stereocenters. The van der Waals surface area contributed by atoms with Gasteiger partial charge in [-0.2, -0.15) is 13.2 Å². The first-order valence-corrected chi connectivity index (χ1v) is 7.33. The Morgan fingerprint density at radius 3 is 2.67 bits per heavy atom. The number of carbonyl (C=O) groups excluding carboxylic acids is 2. The Kier molecular flexibility index (Phi) is 5.36. The zero-order chi connectivity index (χ0) is 17.9. The first-order chi connectivity index (χ1) is 11.2. The Bertz CT molecular complexity index is 607. The quantitative estimate of drug-likeness (QED) is 0.735. The number of alkyl halides is 3. The Hall–Kier alpha value is -2.25. The number of esters is 1. The third kappa shape index (κ3) is 4.39. The maximum Gasteiger partial charge on any atom is 0.406 e. The Balaban J connectivity index is 2.34. The van der Waals surface area contributed by atoms with Crippen LogP contribution in [0.5, 0.6) is 0 Å². The molecule has 0 saturated carbocycles. The van der Waals surface area contributed by atoms with Gasteiger partial charge in [-0.1, -0.05) is 6.08 Å². The molecule has 1 amide bonds. The lowest BCUT2D eigenvalue weighted by Gasteiger charge is -2.23. The standard InChI is InChI=1S/C16H18F3NO4/c1-23-13-4-3-10-5-11(7-14(21)24-2)15(22)20(8-12(10)6-13)9-16(17,18)19/h3-4,6,8,10-11H,5,7,9H2,1-2H3. The van der Waals surface area contributed by atoms with Gasteiger partial charge >= 0.3 is 12.1 Å². The Labute approximate surface area is 137 Å². The molecule has 0 fully saturated rings. The van der Waals surface area contributed by atoms with Gasteiger partial charge in [-0.05, 0) is 24.1 Å². The van der Waals surface area contributed by atoms with E-state index in [0.717, 1.165) is 0 Å². The summed E-state index contributed by atoms with van der Waals surface area (Å²) in [6.45, 7) is -1.40. The summed E-state index contributed by atoms with van der Waals surface area (Å²) in [4.78, 5) is 24.6. The molecule has 0 aromatic carbocycles. The van der Waals surface area contributed by atoms with Gasteiger partial charge in [0.15, 0.2) is 0 Å². The molecule has 0 saturated heterocycles. The normalized spacial score (nSPS) is 23.9. The molecule has 132 valence electrons. The van der Waals surface area contributed by atoms with Gasteiger partial charge in [0, 0.05) is 18.0 Å². The number of fused-ring (bicyclic) bond motifs is 1. The van der Waals surface area contributed by atoms with Crippen LogP contribution in [0.15, 0.2) is 35.8 Å². The summed E-state index contributed by atoms with van der Waals surface area (Å²) in [7, 11) is 2.63. The molecule has 2 rings (SSSR count). The monoisotopic (exact) mass is 345 g/mol. The van der Waals surface area contributed by atoms with Crippen molar-refractivity contribution >= 4 is 11.9 Å².